The van der Waals surface area contributed by atoms with Gasteiger partial charge in [0.15, 0.2) is 0 Å². The number of halogens is 2. The molecule has 0 aromatic heterocycles. The Balaban J connectivity index is 1.73. The number of carbonyl (C=O) groups is 2. The van der Waals surface area contributed by atoms with Gasteiger partial charge in [-0.3, -0.25) is 9.59 Å². The average Bonchev–Trinajstić information content (AvgIpc) is 3.11. The first-order valence-corrected chi connectivity index (χ1v) is 10.6. The normalized spacial score (nSPS) is 15.3. The highest BCUT2D eigenvalue weighted by Gasteiger charge is 2.45. The molecule has 3 aromatic rings. The van der Waals surface area contributed by atoms with Gasteiger partial charge in [-0.1, -0.05) is 78.9 Å². The number of benzene rings is 3. The molecule has 1 heterocycles. The quantitative estimate of drug-likeness (QED) is 0.500. The first-order chi connectivity index (χ1) is 15.6. The lowest BCUT2D eigenvalue weighted by Crippen LogP contribution is -2.41. The fourth-order valence-corrected chi connectivity index (χ4v) is 4.22. The summed E-state index contributed by atoms with van der Waals surface area (Å²) in [5, 5.41) is 2.76. The predicted molar refractivity (Wildman–Crippen MR) is 118 cm³/mol. The number of alkyl halides is 2. The smallest absolute Gasteiger partial charge is 0.255 e. The summed E-state index contributed by atoms with van der Waals surface area (Å²) in [7, 11) is 0. The van der Waals surface area contributed by atoms with Gasteiger partial charge in [-0.2, -0.15) is 0 Å². The number of nitrogens with one attached hydrogen (secondary N) is 1. The van der Waals surface area contributed by atoms with Crippen LogP contribution >= 0.6 is 0 Å². The Kier molecular flexibility index (Phi) is 6.59. The van der Waals surface area contributed by atoms with Crippen LogP contribution in [0, 0.1) is 0 Å². The lowest BCUT2D eigenvalue weighted by atomic mass is 9.95. The Hall–Kier alpha value is -3.54. The first kappa shape index (κ1) is 21.7. The Morgan fingerprint density at radius 1 is 0.875 bits per heavy atom. The monoisotopic (exact) mass is 434 g/mol. The van der Waals surface area contributed by atoms with Crippen LogP contribution in [-0.4, -0.2) is 29.7 Å². The summed E-state index contributed by atoms with van der Waals surface area (Å²) in [5.41, 5.74) is 2.88. The fraction of sp³-hybridized carbons (Fsp3) is 0.231. The highest BCUT2D eigenvalue weighted by molar-refractivity contribution is 6.05. The maximum atomic E-state index is 13.6. The van der Waals surface area contributed by atoms with E-state index in [9.17, 15) is 18.4 Å². The van der Waals surface area contributed by atoms with Crippen molar-refractivity contribution in [3.8, 4) is 0 Å². The van der Waals surface area contributed by atoms with Crippen LogP contribution in [0.25, 0.3) is 0 Å². The fourth-order valence-electron chi connectivity index (χ4n) is 4.22. The van der Waals surface area contributed by atoms with Crippen molar-refractivity contribution in [1.82, 2.24) is 10.2 Å². The van der Waals surface area contributed by atoms with Gasteiger partial charge < -0.3 is 10.2 Å². The highest BCUT2D eigenvalue weighted by atomic mass is 19.3. The molecule has 0 bridgehead atoms. The molecule has 0 spiro atoms. The molecule has 0 saturated carbocycles. The van der Waals surface area contributed by atoms with Gasteiger partial charge in [0.05, 0.1) is 6.04 Å². The van der Waals surface area contributed by atoms with Crippen LogP contribution in [0.5, 0.6) is 0 Å². The minimum atomic E-state index is -2.40. The zero-order valence-electron chi connectivity index (χ0n) is 17.5. The second-order valence-corrected chi connectivity index (χ2v) is 7.75. The van der Waals surface area contributed by atoms with Crippen molar-refractivity contribution >= 4 is 11.8 Å². The maximum absolute atomic E-state index is 13.6. The summed E-state index contributed by atoms with van der Waals surface area (Å²) in [5.74, 6) is -0.597. The van der Waals surface area contributed by atoms with Crippen LogP contribution in [0.2, 0.25) is 0 Å². The average molecular weight is 434 g/mol. The molecule has 4 nitrogen and oxygen atoms in total. The van der Waals surface area contributed by atoms with E-state index < -0.39 is 18.5 Å². The Labute approximate surface area is 185 Å². The molecule has 1 atom stereocenters. The van der Waals surface area contributed by atoms with Crippen LogP contribution in [0.3, 0.4) is 0 Å². The van der Waals surface area contributed by atoms with Crippen molar-refractivity contribution in [2.24, 2.45) is 0 Å². The van der Waals surface area contributed by atoms with E-state index in [1.54, 1.807) is 29.2 Å². The molecule has 1 unspecified atom stereocenters. The van der Waals surface area contributed by atoms with Gasteiger partial charge in [-0.05, 0) is 29.2 Å². The Bertz CT molecular complexity index is 1030. The van der Waals surface area contributed by atoms with Gasteiger partial charge in [-0.15, -0.1) is 0 Å². The molecule has 3 aromatic carbocycles. The van der Waals surface area contributed by atoms with Crippen molar-refractivity contribution in [2.75, 3.05) is 6.54 Å². The van der Waals surface area contributed by atoms with E-state index in [2.05, 4.69) is 5.32 Å². The first-order valence-electron chi connectivity index (χ1n) is 10.6. The standard InChI is InChI=1S/C26H24F2N2O2/c27-22(28)16-9-17-29-25(31)24-20-14-7-8-15-21(20)26(32)30(24)23(18-10-3-1-4-11-18)19-12-5-2-6-13-19/h1-8,10-15,22-24H,9,16-17H2,(H,29,31). The Morgan fingerprint density at radius 3 is 2.03 bits per heavy atom. The lowest BCUT2D eigenvalue weighted by Gasteiger charge is -2.33. The van der Waals surface area contributed by atoms with E-state index in [1.165, 1.54) is 0 Å². The van der Waals surface area contributed by atoms with Crippen LogP contribution < -0.4 is 5.32 Å². The summed E-state index contributed by atoms with van der Waals surface area (Å²) in [6, 6.07) is 24.9. The van der Waals surface area contributed by atoms with Gasteiger partial charge in [0.1, 0.15) is 6.04 Å². The summed E-state index contributed by atoms with van der Waals surface area (Å²) in [6.07, 6.45) is -2.51. The van der Waals surface area contributed by atoms with Gasteiger partial charge in [0, 0.05) is 18.5 Å². The van der Waals surface area contributed by atoms with Crippen LogP contribution in [0.4, 0.5) is 8.78 Å². The highest BCUT2D eigenvalue weighted by Crippen LogP contribution is 2.42. The van der Waals surface area contributed by atoms with Crippen molar-refractivity contribution in [1.29, 1.82) is 0 Å². The third-order valence-corrected chi connectivity index (χ3v) is 5.65. The van der Waals surface area contributed by atoms with E-state index in [0.29, 0.717) is 11.1 Å². The van der Waals surface area contributed by atoms with E-state index in [4.69, 9.17) is 0 Å². The molecule has 0 aliphatic carbocycles. The van der Waals surface area contributed by atoms with Crippen molar-refractivity contribution in [2.45, 2.75) is 31.4 Å². The molecule has 0 saturated heterocycles. The third kappa shape index (κ3) is 4.40. The number of fused-ring (bicyclic) bond motifs is 1. The van der Waals surface area contributed by atoms with Crippen LogP contribution in [0.1, 0.15) is 52.0 Å². The van der Waals surface area contributed by atoms with Crippen LogP contribution in [-0.2, 0) is 4.79 Å². The molecule has 164 valence electrons. The number of rotatable bonds is 8. The van der Waals surface area contributed by atoms with Crippen molar-refractivity contribution < 1.29 is 18.4 Å². The summed E-state index contributed by atoms with van der Waals surface area (Å²) < 4.78 is 25.0. The molecule has 1 aliphatic heterocycles. The van der Waals surface area contributed by atoms with Crippen molar-refractivity contribution in [3.05, 3.63) is 107 Å². The summed E-state index contributed by atoms with van der Waals surface area (Å²) in [4.78, 5) is 28.5. The molecule has 1 N–H and O–H groups in total. The predicted octanol–water partition coefficient (Wildman–Crippen LogP) is 5.13. The molecule has 0 fully saturated rings. The second kappa shape index (κ2) is 9.73. The number of nitrogens with zero attached hydrogens (tertiary/aromatic N) is 1. The molecule has 6 heteroatoms. The zero-order valence-corrected chi connectivity index (χ0v) is 17.5. The van der Waals surface area contributed by atoms with E-state index >= 15 is 0 Å². The second-order valence-electron chi connectivity index (χ2n) is 7.75. The topological polar surface area (TPSA) is 49.4 Å². The molecular weight excluding hydrogens is 410 g/mol. The van der Waals surface area contributed by atoms with Gasteiger partial charge in [0.25, 0.3) is 5.91 Å². The molecule has 32 heavy (non-hydrogen) atoms. The van der Waals surface area contributed by atoms with Crippen molar-refractivity contribution in [3.63, 3.8) is 0 Å². The SMILES string of the molecule is O=C(NCCCC(F)F)C1c2ccccc2C(=O)N1C(c1ccccc1)c1ccccc1. The summed E-state index contributed by atoms with van der Waals surface area (Å²) in [6.45, 7) is 0.130. The number of amides is 2. The zero-order chi connectivity index (χ0) is 22.5. The number of carbonyl (C=O) groups excluding carboxylic acids is 2. The van der Waals surface area contributed by atoms with Gasteiger partial charge in [-0.25, -0.2) is 8.78 Å². The van der Waals surface area contributed by atoms with E-state index in [0.717, 1.165) is 11.1 Å². The Morgan fingerprint density at radius 2 is 1.44 bits per heavy atom. The molecular formula is C26H24F2N2O2. The van der Waals surface area contributed by atoms with Gasteiger partial charge >= 0.3 is 0 Å². The molecule has 1 aliphatic rings. The maximum Gasteiger partial charge on any atom is 0.255 e. The van der Waals surface area contributed by atoms with Crippen LogP contribution in [0.15, 0.2) is 84.9 Å². The summed E-state index contributed by atoms with van der Waals surface area (Å²) >= 11 is 0. The van der Waals surface area contributed by atoms with E-state index in [-0.39, 0.29) is 31.2 Å². The molecule has 0 radical (unpaired) electrons. The largest absolute Gasteiger partial charge is 0.354 e. The minimum Gasteiger partial charge on any atom is -0.354 e. The molecule has 4 rings (SSSR count). The lowest BCUT2D eigenvalue weighted by molar-refractivity contribution is -0.126. The minimum absolute atomic E-state index is 0.130. The number of hydrogen-bond acceptors (Lipinski definition) is 2. The molecule has 2 amide bonds. The number of hydrogen-bond donors (Lipinski definition) is 1. The third-order valence-electron chi connectivity index (χ3n) is 5.65. The van der Waals surface area contributed by atoms with E-state index in [1.807, 2.05) is 60.7 Å². The van der Waals surface area contributed by atoms with Gasteiger partial charge in [0.2, 0.25) is 12.3 Å².